The first-order valence-electron chi connectivity index (χ1n) is 8.37. The van der Waals surface area contributed by atoms with E-state index in [1.807, 2.05) is 13.2 Å². The third-order valence-electron chi connectivity index (χ3n) is 4.70. The summed E-state index contributed by atoms with van der Waals surface area (Å²) in [6.07, 6.45) is 8.75. The molecule has 1 aliphatic carbocycles. The molecule has 0 radical (unpaired) electrons. The molecule has 7 heteroatoms. The largest absolute Gasteiger partial charge is 0.352 e. The molecule has 1 aliphatic heterocycles. The summed E-state index contributed by atoms with van der Waals surface area (Å²) in [6, 6.07) is 1.35. The van der Waals surface area contributed by atoms with Crippen molar-refractivity contribution in [2.75, 3.05) is 20.1 Å². The van der Waals surface area contributed by atoms with E-state index in [0.29, 0.717) is 6.04 Å². The number of rotatable bonds is 4. The van der Waals surface area contributed by atoms with Crippen LogP contribution in [0.3, 0.4) is 0 Å². The Bertz CT molecular complexity index is 512. The number of nitrogens with zero attached hydrogens (tertiary/aromatic N) is 3. The Hall–Kier alpha value is -0.410. The summed E-state index contributed by atoms with van der Waals surface area (Å²) in [7, 11) is 1.84. The predicted octanol–water partition coefficient (Wildman–Crippen LogP) is 2.75. The van der Waals surface area contributed by atoms with Gasteiger partial charge in [-0.15, -0.1) is 35.3 Å². The fourth-order valence-electron chi connectivity index (χ4n) is 3.54. The first-order valence-corrected chi connectivity index (χ1v) is 9.19. The normalized spacial score (nSPS) is 23.0. The van der Waals surface area contributed by atoms with Gasteiger partial charge in [0.05, 0.1) is 6.54 Å². The van der Waals surface area contributed by atoms with E-state index >= 15 is 0 Å². The van der Waals surface area contributed by atoms with E-state index in [0.717, 1.165) is 30.1 Å². The van der Waals surface area contributed by atoms with Crippen molar-refractivity contribution in [3.05, 3.63) is 16.1 Å². The van der Waals surface area contributed by atoms with Gasteiger partial charge in [0.15, 0.2) is 5.96 Å². The van der Waals surface area contributed by atoms with Crippen LogP contribution < -0.4 is 10.6 Å². The molecule has 3 rings (SSSR count). The SMILES string of the molecule is CN=C(NCc1ncc(C)s1)NC1CCN(C2CCCC2)C1.I. The molecule has 0 amide bonds. The van der Waals surface area contributed by atoms with Crippen LogP contribution in [-0.4, -0.2) is 48.1 Å². The molecule has 5 nitrogen and oxygen atoms in total. The lowest BCUT2D eigenvalue weighted by Gasteiger charge is -2.24. The lowest BCUT2D eigenvalue weighted by Crippen LogP contribution is -2.45. The van der Waals surface area contributed by atoms with Crippen LogP contribution in [0.15, 0.2) is 11.2 Å². The van der Waals surface area contributed by atoms with Crippen molar-refractivity contribution in [3.8, 4) is 0 Å². The number of guanidine groups is 1. The minimum absolute atomic E-state index is 0. The zero-order valence-electron chi connectivity index (χ0n) is 14.0. The molecule has 130 valence electrons. The Morgan fingerprint density at radius 3 is 2.83 bits per heavy atom. The number of aliphatic imine (C=N–C) groups is 1. The first kappa shape index (κ1) is 18.9. The fraction of sp³-hybridized carbons (Fsp3) is 0.750. The van der Waals surface area contributed by atoms with Gasteiger partial charge in [-0.1, -0.05) is 12.8 Å². The van der Waals surface area contributed by atoms with Crippen LogP contribution in [0, 0.1) is 6.92 Å². The molecular weight excluding hydrogens is 421 g/mol. The third kappa shape index (κ3) is 5.29. The molecule has 0 bridgehead atoms. The van der Waals surface area contributed by atoms with E-state index in [-0.39, 0.29) is 24.0 Å². The quantitative estimate of drug-likeness (QED) is 0.422. The molecule has 2 heterocycles. The highest BCUT2D eigenvalue weighted by Gasteiger charge is 2.30. The maximum atomic E-state index is 4.38. The summed E-state index contributed by atoms with van der Waals surface area (Å²) in [6.45, 7) is 5.22. The summed E-state index contributed by atoms with van der Waals surface area (Å²) in [4.78, 5) is 12.7. The zero-order valence-corrected chi connectivity index (χ0v) is 17.2. The van der Waals surface area contributed by atoms with E-state index in [2.05, 4.69) is 32.4 Å². The number of hydrogen-bond donors (Lipinski definition) is 2. The molecule has 1 saturated carbocycles. The molecule has 2 aliphatic rings. The van der Waals surface area contributed by atoms with E-state index in [4.69, 9.17) is 0 Å². The van der Waals surface area contributed by atoms with E-state index in [9.17, 15) is 0 Å². The Morgan fingerprint density at radius 2 is 2.17 bits per heavy atom. The molecule has 1 aromatic rings. The topological polar surface area (TPSA) is 52.6 Å². The van der Waals surface area contributed by atoms with Crippen molar-refractivity contribution in [1.82, 2.24) is 20.5 Å². The minimum Gasteiger partial charge on any atom is -0.352 e. The standard InChI is InChI=1S/C16H27N5S.HI/c1-12-9-18-15(22-12)10-19-16(17-2)20-13-7-8-21(11-13)14-5-3-4-6-14;/h9,13-14H,3-8,10-11H2,1-2H3,(H2,17,19,20);1H. The Labute approximate surface area is 160 Å². The van der Waals surface area contributed by atoms with Gasteiger partial charge in [-0.3, -0.25) is 9.89 Å². The number of aromatic nitrogens is 1. The minimum atomic E-state index is 0. The van der Waals surface area contributed by atoms with Crippen molar-refractivity contribution in [1.29, 1.82) is 0 Å². The van der Waals surface area contributed by atoms with E-state index in [1.54, 1.807) is 11.3 Å². The van der Waals surface area contributed by atoms with Crippen LogP contribution in [0.4, 0.5) is 0 Å². The fourth-order valence-corrected chi connectivity index (χ4v) is 4.26. The maximum absolute atomic E-state index is 4.38. The lowest BCUT2D eigenvalue weighted by atomic mass is 10.2. The maximum Gasteiger partial charge on any atom is 0.191 e. The van der Waals surface area contributed by atoms with Crippen LogP contribution in [0.2, 0.25) is 0 Å². The molecule has 1 unspecified atom stereocenters. The molecule has 2 fully saturated rings. The van der Waals surface area contributed by atoms with Gasteiger partial charge in [-0.25, -0.2) is 4.98 Å². The van der Waals surface area contributed by atoms with Crippen LogP contribution in [-0.2, 0) is 6.54 Å². The average molecular weight is 449 g/mol. The average Bonchev–Trinajstić information content (AvgIpc) is 3.24. The summed E-state index contributed by atoms with van der Waals surface area (Å²) in [5, 5.41) is 8.06. The molecule has 1 atom stereocenters. The molecule has 1 aromatic heterocycles. The highest BCUT2D eigenvalue weighted by atomic mass is 127. The number of thiazole rings is 1. The molecule has 23 heavy (non-hydrogen) atoms. The van der Waals surface area contributed by atoms with Crippen LogP contribution in [0.1, 0.15) is 42.0 Å². The Morgan fingerprint density at radius 1 is 1.39 bits per heavy atom. The number of nitrogens with one attached hydrogen (secondary N) is 2. The number of halogens is 1. The molecule has 2 N–H and O–H groups in total. The van der Waals surface area contributed by atoms with Gasteiger partial charge in [0.2, 0.25) is 0 Å². The van der Waals surface area contributed by atoms with Crippen LogP contribution in [0.5, 0.6) is 0 Å². The van der Waals surface area contributed by atoms with Crippen molar-refractivity contribution < 1.29 is 0 Å². The predicted molar refractivity (Wildman–Crippen MR) is 108 cm³/mol. The van der Waals surface area contributed by atoms with Gasteiger partial charge in [0.25, 0.3) is 0 Å². The summed E-state index contributed by atoms with van der Waals surface area (Å²) < 4.78 is 0. The number of aryl methyl sites for hydroxylation is 1. The number of hydrogen-bond acceptors (Lipinski definition) is 4. The van der Waals surface area contributed by atoms with Gasteiger partial charge >= 0.3 is 0 Å². The third-order valence-corrected chi connectivity index (χ3v) is 5.61. The second kappa shape index (κ2) is 9.17. The van der Waals surface area contributed by atoms with Crippen molar-refractivity contribution in [3.63, 3.8) is 0 Å². The Kier molecular flexibility index (Phi) is 7.55. The molecule has 0 aromatic carbocycles. The molecule has 0 spiro atoms. The van der Waals surface area contributed by atoms with Crippen LogP contribution in [0.25, 0.3) is 0 Å². The van der Waals surface area contributed by atoms with Gasteiger partial charge in [-0.05, 0) is 26.2 Å². The van der Waals surface area contributed by atoms with E-state index in [1.165, 1.54) is 43.5 Å². The van der Waals surface area contributed by atoms with Crippen LogP contribution >= 0.6 is 35.3 Å². The highest BCUT2D eigenvalue weighted by molar-refractivity contribution is 14.0. The van der Waals surface area contributed by atoms with Crippen molar-refractivity contribution in [2.24, 2.45) is 4.99 Å². The second-order valence-electron chi connectivity index (χ2n) is 6.35. The van der Waals surface area contributed by atoms with Gasteiger partial charge in [0, 0.05) is 43.3 Å². The lowest BCUT2D eigenvalue weighted by molar-refractivity contribution is 0.242. The summed E-state index contributed by atoms with van der Waals surface area (Å²) >= 11 is 1.74. The second-order valence-corrected chi connectivity index (χ2v) is 7.67. The van der Waals surface area contributed by atoms with Crippen molar-refractivity contribution >= 4 is 41.3 Å². The number of likely N-dealkylation sites (tertiary alicyclic amines) is 1. The van der Waals surface area contributed by atoms with Crippen molar-refractivity contribution in [2.45, 2.75) is 57.7 Å². The van der Waals surface area contributed by atoms with Gasteiger partial charge in [-0.2, -0.15) is 0 Å². The Balaban J connectivity index is 0.00000192. The summed E-state index contributed by atoms with van der Waals surface area (Å²) in [5.74, 6) is 0.895. The smallest absolute Gasteiger partial charge is 0.191 e. The van der Waals surface area contributed by atoms with Gasteiger partial charge < -0.3 is 10.6 Å². The zero-order chi connectivity index (χ0) is 15.4. The highest BCUT2D eigenvalue weighted by Crippen LogP contribution is 2.26. The monoisotopic (exact) mass is 449 g/mol. The summed E-state index contributed by atoms with van der Waals surface area (Å²) in [5.41, 5.74) is 0. The first-order chi connectivity index (χ1) is 10.7. The molecular formula is C16H28IN5S. The van der Waals surface area contributed by atoms with E-state index < -0.39 is 0 Å². The van der Waals surface area contributed by atoms with Gasteiger partial charge in [0.1, 0.15) is 5.01 Å². The molecule has 1 saturated heterocycles.